The van der Waals surface area contributed by atoms with Gasteiger partial charge < -0.3 is 10.4 Å². The monoisotopic (exact) mass is 302 g/mol. The summed E-state index contributed by atoms with van der Waals surface area (Å²) in [5, 5.41) is 22.2. The molecule has 0 amide bonds. The number of nitrogens with one attached hydrogen (secondary N) is 1. The molecule has 0 bridgehead atoms. The van der Waals surface area contributed by atoms with Crippen LogP contribution in [0.1, 0.15) is 13.3 Å². The number of nitro benzene ring substituents is 1. The Morgan fingerprint density at radius 2 is 2.29 bits per heavy atom. The minimum absolute atomic E-state index is 0.0783. The maximum atomic E-state index is 10.8. The molecule has 0 heterocycles. The molecule has 92 valence electrons. The van der Waals surface area contributed by atoms with Crippen LogP contribution in [0.3, 0.4) is 0 Å². The number of hydrogen-bond donors (Lipinski definition) is 2. The molecule has 17 heavy (non-hydrogen) atoms. The van der Waals surface area contributed by atoms with Gasteiger partial charge >= 0.3 is 5.97 Å². The molecular formula is C10H11BrN2O4. The number of nitro groups is 1. The largest absolute Gasteiger partial charge is 0.481 e. The molecule has 6 nitrogen and oxygen atoms in total. The molecule has 0 fully saturated rings. The summed E-state index contributed by atoms with van der Waals surface area (Å²) in [5.74, 6) is -0.956. The molecule has 0 aliphatic rings. The second-order valence-electron chi connectivity index (χ2n) is 3.56. The third-order valence-corrected chi connectivity index (χ3v) is 2.53. The maximum absolute atomic E-state index is 10.8. The van der Waals surface area contributed by atoms with E-state index < -0.39 is 10.9 Å². The summed E-state index contributed by atoms with van der Waals surface area (Å²) in [6, 6.07) is 4.09. The number of carbonyl (C=O) groups is 1. The van der Waals surface area contributed by atoms with Crippen LogP contribution in [0.2, 0.25) is 0 Å². The number of rotatable bonds is 5. The highest BCUT2D eigenvalue weighted by atomic mass is 79.9. The van der Waals surface area contributed by atoms with Crippen LogP contribution in [0.15, 0.2) is 22.7 Å². The molecule has 1 unspecified atom stereocenters. The van der Waals surface area contributed by atoms with Crippen molar-refractivity contribution in [1.29, 1.82) is 0 Å². The molecule has 2 N–H and O–H groups in total. The van der Waals surface area contributed by atoms with Crippen LogP contribution in [0, 0.1) is 10.1 Å². The summed E-state index contributed by atoms with van der Waals surface area (Å²) >= 11 is 3.21. The Labute approximate surface area is 106 Å². The van der Waals surface area contributed by atoms with Gasteiger partial charge in [0.15, 0.2) is 0 Å². The van der Waals surface area contributed by atoms with Crippen LogP contribution in [0.4, 0.5) is 11.4 Å². The standard InChI is InChI=1S/C10H11BrN2O4/c1-6(4-10(14)15)12-8-5-7(11)2-3-9(8)13(16)17/h2-3,5-6,12H,4H2,1H3,(H,14,15). The van der Waals surface area contributed by atoms with Crippen LogP contribution in [-0.4, -0.2) is 22.0 Å². The molecule has 0 saturated heterocycles. The average Bonchev–Trinajstić information content (AvgIpc) is 2.15. The molecule has 1 aromatic rings. The van der Waals surface area contributed by atoms with Crippen molar-refractivity contribution < 1.29 is 14.8 Å². The van der Waals surface area contributed by atoms with Gasteiger partial charge in [0.05, 0.1) is 11.3 Å². The summed E-state index contributed by atoms with van der Waals surface area (Å²) < 4.78 is 0.688. The lowest BCUT2D eigenvalue weighted by atomic mass is 10.2. The Hall–Kier alpha value is -1.63. The zero-order valence-electron chi connectivity index (χ0n) is 9.01. The molecule has 0 aliphatic carbocycles. The van der Waals surface area contributed by atoms with E-state index in [2.05, 4.69) is 21.2 Å². The fraction of sp³-hybridized carbons (Fsp3) is 0.300. The second-order valence-corrected chi connectivity index (χ2v) is 4.48. The third kappa shape index (κ3) is 4.03. The van der Waals surface area contributed by atoms with E-state index in [1.165, 1.54) is 6.07 Å². The van der Waals surface area contributed by atoms with E-state index in [1.807, 2.05) is 0 Å². The molecule has 0 aromatic heterocycles. The van der Waals surface area contributed by atoms with E-state index >= 15 is 0 Å². The van der Waals surface area contributed by atoms with Gasteiger partial charge in [-0.25, -0.2) is 0 Å². The first-order chi connectivity index (χ1) is 7.90. The SMILES string of the molecule is CC(CC(=O)O)Nc1cc(Br)ccc1[N+](=O)[O-]. The van der Waals surface area contributed by atoms with Gasteiger partial charge in [0.2, 0.25) is 0 Å². The van der Waals surface area contributed by atoms with Crippen molar-refractivity contribution >= 4 is 33.3 Å². The van der Waals surface area contributed by atoms with Gasteiger partial charge in [-0.2, -0.15) is 0 Å². The van der Waals surface area contributed by atoms with Gasteiger partial charge in [-0.3, -0.25) is 14.9 Å². The maximum Gasteiger partial charge on any atom is 0.305 e. The van der Waals surface area contributed by atoms with Gasteiger partial charge in [0, 0.05) is 16.6 Å². The number of halogens is 1. The van der Waals surface area contributed by atoms with Crippen molar-refractivity contribution in [1.82, 2.24) is 0 Å². The van der Waals surface area contributed by atoms with Gasteiger partial charge in [-0.15, -0.1) is 0 Å². The lowest BCUT2D eigenvalue weighted by Gasteiger charge is -2.13. The predicted molar refractivity (Wildman–Crippen MR) is 66.1 cm³/mol. The molecule has 0 saturated carbocycles. The highest BCUT2D eigenvalue weighted by molar-refractivity contribution is 9.10. The number of anilines is 1. The van der Waals surface area contributed by atoms with Crippen LogP contribution in [0.25, 0.3) is 0 Å². The molecule has 0 aliphatic heterocycles. The van der Waals surface area contributed by atoms with Crippen LogP contribution < -0.4 is 5.32 Å². The first kappa shape index (κ1) is 13.4. The van der Waals surface area contributed by atoms with E-state index in [4.69, 9.17) is 5.11 Å². The Bertz CT molecular complexity index is 450. The summed E-state index contributed by atoms with van der Waals surface area (Å²) in [7, 11) is 0. The minimum Gasteiger partial charge on any atom is -0.481 e. The number of hydrogen-bond acceptors (Lipinski definition) is 4. The normalized spacial score (nSPS) is 11.9. The van der Waals surface area contributed by atoms with E-state index in [0.29, 0.717) is 10.2 Å². The van der Waals surface area contributed by atoms with Crippen LogP contribution in [0.5, 0.6) is 0 Å². The van der Waals surface area contributed by atoms with E-state index in [-0.39, 0.29) is 18.2 Å². The summed E-state index contributed by atoms with van der Waals surface area (Å²) in [4.78, 5) is 20.8. The Balaban J connectivity index is 2.92. The molecule has 1 atom stereocenters. The summed E-state index contributed by atoms with van der Waals surface area (Å²) in [6.07, 6.45) is -0.107. The zero-order chi connectivity index (χ0) is 13.0. The fourth-order valence-electron chi connectivity index (χ4n) is 1.36. The fourth-order valence-corrected chi connectivity index (χ4v) is 1.72. The highest BCUT2D eigenvalue weighted by Crippen LogP contribution is 2.28. The van der Waals surface area contributed by atoms with Gasteiger partial charge in [0.1, 0.15) is 5.69 Å². The molecule has 0 spiro atoms. The van der Waals surface area contributed by atoms with Crippen LogP contribution in [-0.2, 0) is 4.79 Å². The zero-order valence-corrected chi connectivity index (χ0v) is 10.6. The Morgan fingerprint density at radius 3 is 2.82 bits per heavy atom. The van der Waals surface area contributed by atoms with Gasteiger partial charge in [0.25, 0.3) is 5.69 Å². The van der Waals surface area contributed by atoms with Crippen molar-refractivity contribution in [2.75, 3.05) is 5.32 Å². The van der Waals surface area contributed by atoms with Crippen molar-refractivity contribution in [2.45, 2.75) is 19.4 Å². The molecule has 1 rings (SSSR count). The lowest BCUT2D eigenvalue weighted by Crippen LogP contribution is -2.19. The number of nitrogens with zero attached hydrogens (tertiary/aromatic N) is 1. The van der Waals surface area contributed by atoms with Gasteiger partial charge in [-0.1, -0.05) is 15.9 Å². The minimum atomic E-state index is -0.956. The first-order valence-corrected chi connectivity index (χ1v) is 5.61. The van der Waals surface area contributed by atoms with Crippen molar-refractivity contribution in [3.8, 4) is 0 Å². The molecule has 1 aromatic carbocycles. The Morgan fingerprint density at radius 1 is 1.65 bits per heavy atom. The van der Waals surface area contributed by atoms with Crippen molar-refractivity contribution in [3.05, 3.63) is 32.8 Å². The number of carboxylic acid groups (broad SMARTS) is 1. The van der Waals surface area contributed by atoms with E-state index in [9.17, 15) is 14.9 Å². The highest BCUT2D eigenvalue weighted by Gasteiger charge is 2.16. The molecule has 7 heteroatoms. The average molecular weight is 303 g/mol. The lowest BCUT2D eigenvalue weighted by molar-refractivity contribution is -0.384. The smallest absolute Gasteiger partial charge is 0.305 e. The van der Waals surface area contributed by atoms with E-state index in [0.717, 1.165) is 0 Å². The van der Waals surface area contributed by atoms with Crippen molar-refractivity contribution in [2.24, 2.45) is 0 Å². The second kappa shape index (κ2) is 5.62. The number of benzene rings is 1. The van der Waals surface area contributed by atoms with E-state index in [1.54, 1.807) is 19.1 Å². The first-order valence-electron chi connectivity index (χ1n) is 4.82. The number of aliphatic carboxylic acids is 1. The summed E-state index contributed by atoms with van der Waals surface area (Å²) in [6.45, 7) is 1.65. The quantitative estimate of drug-likeness (QED) is 0.644. The summed E-state index contributed by atoms with van der Waals surface area (Å²) in [5.41, 5.74) is 0.226. The van der Waals surface area contributed by atoms with Gasteiger partial charge in [-0.05, 0) is 19.1 Å². The van der Waals surface area contributed by atoms with Crippen LogP contribution >= 0.6 is 15.9 Å². The van der Waals surface area contributed by atoms with Crippen molar-refractivity contribution in [3.63, 3.8) is 0 Å². The molecular weight excluding hydrogens is 292 g/mol. The Kier molecular flexibility index (Phi) is 4.45. The third-order valence-electron chi connectivity index (χ3n) is 2.04. The molecule has 0 radical (unpaired) electrons. The predicted octanol–water partition coefficient (Wildman–Crippen LogP) is 2.63. The topological polar surface area (TPSA) is 92.5 Å². The number of carboxylic acids is 1.